The maximum Gasteiger partial charge on any atom is 0.251 e. The molecule has 0 atom stereocenters. The predicted molar refractivity (Wildman–Crippen MR) is 69.7 cm³/mol. The molecule has 1 aliphatic rings. The molecule has 0 unspecified atom stereocenters. The summed E-state index contributed by atoms with van der Waals surface area (Å²) in [5.41, 5.74) is 0.577. The van der Waals surface area contributed by atoms with Crippen LogP contribution in [0.25, 0.3) is 0 Å². The Labute approximate surface area is 107 Å². The lowest BCUT2D eigenvalue weighted by Crippen LogP contribution is -2.46. The second-order valence-electron chi connectivity index (χ2n) is 4.39. The Hall–Kier alpha value is -1.59. The molecule has 1 amide bonds. The summed E-state index contributed by atoms with van der Waals surface area (Å²) in [4.78, 5) is 14.1. The molecule has 0 spiro atoms. The molecule has 3 N–H and O–H groups in total. The Morgan fingerprint density at radius 3 is 2.61 bits per heavy atom. The van der Waals surface area contributed by atoms with E-state index in [0.29, 0.717) is 12.1 Å². The van der Waals surface area contributed by atoms with Gasteiger partial charge < -0.3 is 15.7 Å². The number of benzene rings is 1. The largest absolute Gasteiger partial charge is 0.508 e. The number of piperazine rings is 1. The molecule has 1 fully saturated rings. The molecule has 18 heavy (non-hydrogen) atoms. The summed E-state index contributed by atoms with van der Waals surface area (Å²) < 4.78 is 0. The van der Waals surface area contributed by atoms with E-state index in [-0.39, 0.29) is 11.7 Å². The molecule has 0 aromatic heterocycles. The van der Waals surface area contributed by atoms with Crippen molar-refractivity contribution in [2.75, 3.05) is 39.3 Å². The fourth-order valence-corrected chi connectivity index (χ4v) is 1.98. The van der Waals surface area contributed by atoms with Crippen molar-refractivity contribution in [3.63, 3.8) is 0 Å². The third kappa shape index (κ3) is 3.72. The van der Waals surface area contributed by atoms with Crippen molar-refractivity contribution < 1.29 is 9.90 Å². The van der Waals surface area contributed by atoms with E-state index in [1.807, 2.05) is 0 Å². The van der Waals surface area contributed by atoms with E-state index in [4.69, 9.17) is 5.11 Å². The van der Waals surface area contributed by atoms with Crippen LogP contribution >= 0.6 is 0 Å². The Morgan fingerprint density at radius 1 is 1.28 bits per heavy atom. The van der Waals surface area contributed by atoms with Crippen molar-refractivity contribution in [2.24, 2.45) is 0 Å². The summed E-state index contributed by atoms with van der Waals surface area (Å²) in [5, 5.41) is 15.3. The molecule has 5 heteroatoms. The summed E-state index contributed by atoms with van der Waals surface area (Å²) in [7, 11) is 0. The van der Waals surface area contributed by atoms with Crippen LogP contribution in [0.3, 0.4) is 0 Å². The number of phenols is 1. The van der Waals surface area contributed by atoms with Crippen LogP contribution in [0.15, 0.2) is 24.3 Å². The summed E-state index contributed by atoms with van der Waals surface area (Å²) >= 11 is 0. The highest BCUT2D eigenvalue weighted by atomic mass is 16.3. The van der Waals surface area contributed by atoms with Gasteiger partial charge in [-0.2, -0.15) is 0 Å². The van der Waals surface area contributed by atoms with Gasteiger partial charge in [-0.05, 0) is 24.3 Å². The van der Waals surface area contributed by atoms with Crippen LogP contribution < -0.4 is 10.6 Å². The Bertz CT molecular complexity index is 386. The van der Waals surface area contributed by atoms with E-state index >= 15 is 0 Å². The minimum absolute atomic E-state index is 0.0925. The predicted octanol–water partition coefficient (Wildman–Crippen LogP) is 0.0272. The van der Waals surface area contributed by atoms with Crippen molar-refractivity contribution >= 4 is 5.91 Å². The molecule has 98 valence electrons. The molecule has 0 radical (unpaired) electrons. The van der Waals surface area contributed by atoms with Crippen LogP contribution in [0.1, 0.15) is 10.4 Å². The molecule has 0 aliphatic carbocycles. The molecular weight excluding hydrogens is 230 g/mol. The van der Waals surface area contributed by atoms with Crippen LogP contribution in [0, 0.1) is 0 Å². The monoisotopic (exact) mass is 249 g/mol. The molecule has 1 aromatic carbocycles. The average molecular weight is 249 g/mol. The first kappa shape index (κ1) is 12.9. The van der Waals surface area contributed by atoms with Gasteiger partial charge in [0.1, 0.15) is 5.75 Å². The van der Waals surface area contributed by atoms with Gasteiger partial charge in [0, 0.05) is 44.8 Å². The molecule has 1 aliphatic heterocycles. The van der Waals surface area contributed by atoms with Crippen LogP contribution in [-0.2, 0) is 0 Å². The molecule has 1 saturated heterocycles. The lowest BCUT2D eigenvalue weighted by molar-refractivity contribution is 0.0947. The first-order chi connectivity index (χ1) is 8.75. The zero-order valence-corrected chi connectivity index (χ0v) is 10.4. The highest BCUT2D eigenvalue weighted by Gasteiger charge is 2.10. The molecule has 1 heterocycles. The zero-order chi connectivity index (χ0) is 12.8. The highest BCUT2D eigenvalue weighted by molar-refractivity contribution is 5.94. The number of nitrogens with zero attached hydrogens (tertiary/aromatic N) is 1. The fraction of sp³-hybridized carbons (Fsp3) is 0.462. The third-order valence-corrected chi connectivity index (χ3v) is 3.05. The van der Waals surface area contributed by atoms with Crippen LogP contribution in [0.5, 0.6) is 5.75 Å². The van der Waals surface area contributed by atoms with Gasteiger partial charge in [0.15, 0.2) is 0 Å². The number of amides is 1. The van der Waals surface area contributed by atoms with Gasteiger partial charge in [-0.15, -0.1) is 0 Å². The van der Waals surface area contributed by atoms with E-state index < -0.39 is 0 Å². The third-order valence-electron chi connectivity index (χ3n) is 3.05. The van der Waals surface area contributed by atoms with Gasteiger partial charge in [-0.3, -0.25) is 9.69 Å². The first-order valence-corrected chi connectivity index (χ1v) is 6.26. The van der Waals surface area contributed by atoms with E-state index in [2.05, 4.69) is 15.5 Å². The standard InChI is InChI=1S/C13H19N3O2/c17-12-3-1-11(2-4-12)13(18)15-7-10-16-8-5-14-6-9-16/h1-4,14,17H,5-10H2,(H,15,18). The maximum atomic E-state index is 11.8. The summed E-state index contributed by atoms with van der Waals surface area (Å²) in [6, 6.07) is 6.28. The van der Waals surface area contributed by atoms with Crippen LogP contribution in [0.4, 0.5) is 0 Å². The van der Waals surface area contributed by atoms with Crippen molar-refractivity contribution in [3.05, 3.63) is 29.8 Å². The second kappa shape index (κ2) is 6.37. The number of nitrogens with one attached hydrogen (secondary N) is 2. The minimum atomic E-state index is -0.0925. The summed E-state index contributed by atoms with van der Waals surface area (Å²) in [6.07, 6.45) is 0. The Kier molecular flexibility index (Phi) is 4.55. The Morgan fingerprint density at radius 2 is 1.94 bits per heavy atom. The molecule has 0 bridgehead atoms. The minimum Gasteiger partial charge on any atom is -0.508 e. The quantitative estimate of drug-likeness (QED) is 0.704. The van der Waals surface area contributed by atoms with E-state index in [9.17, 15) is 4.79 Å². The number of rotatable bonds is 4. The number of carbonyl (C=O) groups is 1. The smallest absolute Gasteiger partial charge is 0.251 e. The number of phenolic OH excluding ortho intramolecular Hbond substituents is 1. The van der Waals surface area contributed by atoms with Crippen molar-refractivity contribution in [1.82, 2.24) is 15.5 Å². The van der Waals surface area contributed by atoms with Gasteiger partial charge in [-0.25, -0.2) is 0 Å². The normalized spacial score (nSPS) is 16.4. The van der Waals surface area contributed by atoms with Crippen LogP contribution in [-0.4, -0.2) is 55.2 Å². The van der Waals surface area contributed by atoms with Crippen molar-refractivity contribution in [3.8, 4) is 5.75 Å². The van der Waals surface area contributed by atoms with E-state index in [1.165, 1.54) is 12.1 Å². The number of aromatic hydroxyl groups is 1. The number of carbonyl (C=O) groups excluding carboxylic acids is 1. The summed E-state index contributed by atoms with van der Waals surface area (Å²) in [6.45, 7) is 5.65. The lowest BCUT2D eigenvalue weighted by atomic mass is 10.2. The Balaban J connectivity index is 1.72. The van der Waals surface area contributed by atoms with Gasteiger partial charge in [0.05, 0.1) is 0 Å². The second-order valence-corrected chi connectivity index (χ2v) is 4.39. The van der Waals surface area contributed by atoms with Gasteiger partial charge in [0.25, 0.3) is 5.91 Å². The van der Waals surface area contributed by atoms with Crippen molar-refractivity contribution in [1.29, 1.82) is 0 Å². The van der Waals surface area contributed by atoms with E-state index in [1.54, 1.807) is 12.1 Å². The molecular formula is C13H19N3O2. The summed E-state index contributed by atoms with van der Waals surface area (Å²) in [5.74, 6) is 0.0810. The fourth-order valence-electron chi connectivity index (χ4n) is 1.98. The van der Waals surface area contributed by atoms with Gasteiger partial charge in [0.2, 0.25) is 0 Å². The molecule has 0 saturated carbocycles. The van der Waals surface area contributed by atoms with Crippen molar-refractivity contribution in [2.45, 2.75) is 0 Å². The topological polar surface area (TPSA) is 64.6 Å². The van der Waals surface area contributed by atoms with Gasteiger partial charge >= 0.3 is 0 Å². The van der Waals surface area contributed by atoms with Gasteiger partial charge in [-0.1, -0.05) is 0 Å². The van der Waals surface area contributed by atoms with Crippen LogP contribution in [0.2, 0.25) is 0 Å². The van der Waals surface area contributed by atoms with E-state index in [0.717, 1.165) is 32.7 Å². The SMILES string of the molecule is O=C(NCCN1CCNCC1)c1ccc(O)cc1. The molecule has 2 rings (SSSR count). The average Bonchev–Trinajstić information content (AvgIpc) is 2.40. The lowest BCUT2D eigenvalue weighted by Gasteiger charge is -2.27. The highest BCUT2D eigenvalue weighted by Crippen LogP contribution is 2.09. The zero-order valence-electron chi connectivity index (χ0n) is 10.4. The molecule has 1 aromatic rings. The number of hydrogen-bond acceptors (Lipinski definition) is 4. The molecule has 5 nitrogen and oxygen atoms in total. The number of hydrogen-bond donors (Lipinski definition) is 3. The maximum absolute atomic E-state index is 11.8. The first-order valence-electron chi connectivity index (χ1n) is 6.26.